The van der Waals surface area contributed by atoms with Crippen molar-refractivity contribution in [3.05, 3.63) is 90.3 Å². The Bertz CT molecular complexity index is 1310. The minimum absolute atomic E-state index is 0.0323. The Balaban J connectivity index is 1.46. The molecule has 4 rings (SSSR count). The minimum Gasteiger partial charge on any atom is -0.346 e. The van der Waals surface area contributed by atoms with Gasteiger partial charge in [-0.05, 0) is 42.2 Å². The number of carbonyl (C=O) groups is 2. The molecule has 0 bridgehead atoms. The Morgan fingerprint density at radius 1 is 0.944 bits per heavy atom. The number of amides is 2. The van der Waals surface area contributed by atoms with Gasteiger partial charge in [0.05, 0.1) is 23.5 Å². The van der Waals surface area contributed by atoms with Crippen molar-refractivity contribution >= 4 is 22.8 Å². The molecule has 36 heavy (non-hydrogen) atoms. The summed E-state index contributed by atoms with van der Waals surface area (Å²) in [7, 11) is 1.84. The number of rotatable bonds is 10. The molecule has 0 radical (unpaired) electrons. The largest absolute Gasteiger partial charge is 0.346 e. The highest BCUT2D eigenvalue weighted by atomic mass is 16.2. The van der Waals surface area contributed by atoms with Gasteiger partial charge < -0.3 is 14.8 Å². The first-order valence-electron chi connectivity index (χ1n) is 12.6. The zero-order valence-electron chi connectivity index (χ0n) is 21.3. The molecule has 1 aromatic heterocycles. The number of nitrogens with one attached hydrogen (secondary N) is 1. The Morgan fingerprint density at radius 2 is 1.61 bits per heavy atom. The zero-order valence-corrected chi connectivity index (χ0v) is 21.3. The molecule has 4 aromatic rings. The molecule has 0 saturated carbocycles. The molecular formula is C30H34N4O2. The van der Waals surface area contributed by atoms with Gasteiger partial charge in [0.15, 0.2) is 0 Å². The van der Waals surface area contributed by atoms with Gasteiger partial charge in [-0.25, -0.2) is 4.98 Å². The average Bonchev–Trinajstić information content (AvgIpc) is 3.26. The summed E-state index contributed by atoms with van der Waals surface area (Å²) < 4.78 is 1.93. The van der Waals surface area contributed by atoms with Crippen LogP contribution in [0, 0.1) is 0 Å². The van der Waals surface area contributed by atoms with Crippen LogP contribution in [0.3, 0.4) is 0 Å². The average molecular weight is 483 g/mol. The van der Waals surface area contributed by atoms with E-state index in [1.165, 1.54) is 0 Å². The number of para-hydroxylation sites is 2. The zero-order chi connectivity index (χ0) is 25.5. The molecule has 1 atom stereocenters. The van der Waals surface area contributed by atoms with E-state index in [2.05, 4.69) is 24.4 Å². The van der Waals surface area contributed by atoms with Crippen molar-refractivity contribution in [2.45, 2.75) is 45.7 Å². The fraction of sp³-hybridized carbons (Fsp3) is 0.300. The fourth-order valence-electron chi connectivity index (χ4n) is 4.35. The maximum atomic E-state index is 12.9. The molecule has 186 valence electrons. The molecule has 1 heterocycles. The second kappa shape index (κ2) is 11.7. The summed E-state index contributed by atoms with van der Waals surface area (Å²) in [5.41, 5.74) is 4.92. The number of hydrogen-bond acceptors (Lipinski definition) is 3. The highest BCUT2D eigenvalue weighted by molar-refractivity contribution is 5.82. The normalized spacial score (nSPS) is 11.9. The lowest BCUT2D eigenvalue weighted by molar-refractivity contribution is -0.130. The summed E-state index contributed by atoms with van der Waals surface area (Å²) in [6.45, 7) is 4.95. The maximum Gasteiger partial charge on any atom is 0.242 e. The molecule has 6 heteroatoms. The summed E-state index contributed by atoms with van der Waals surface area (Å²) >= 11 is 0. The summed E-state index contributed by atoms with van der Waals surface area (Å²) in [6.07, 6.45) is 2.28. The van der Waals surface area contributed by atoms with Crippen LogP contribution >= 0.6 is 0 Å². The van der Waals surface area contributed by atoms with Crippen molar-refractivity contribution in [3.63, 3.8) is 0 Å². The summed E-state index contributed by atoms with van der Waals surface area (Å²) in [6, 6.07) is 25.7. The van der Waals surface area contributed by atoms with E-state index in [0.717, 1.165) is 47.1 Å². The van der Waals surface area contributed by atoms with E-state index in [-0.39, 0.29) is 30.8 Å². The van der Waals surface area contributed by atoms with Gasteiger partial charge in [-0.15, -0.1) is 0 Å². The van der Waals surface area contributed by atoms with Gasteiger partial charge in [0, 0.05) is 13.6 Å². The van der Waals surface area contributed by atoms with Crippen LogP contribution in [0.4, 0.5) is 0 Å². The van der Waals surface area contributed by atoms with Crippen molar-refractivity contribution in [1.29, 1.82) is 0 Å². The predicted octanol–water partition coefficient (Wildman–Crippen LogP) is 5.38. The van der Waals surface area contributed by atoms with E-state index in [0.29, 0.717) is 5.82 Å². The van der Waals surface area contributed by atoms with E-state index in [1.54, 1.807) is 4.90 Å². The van der Waals surface area contributed by atoms with Gasteiger partial charge in [-0.2, -0.15) is 0 Å². The first-order chi connectivity index (χ1) is 17.5. The van der Waals surface area contributed by atoms with Gasteiger partial charge in [-0.1, -0.05) is 80.1 Å². The third kappa shape index (κ3) is 6.00. The Labute approximate surface area is 213 Å². The van der Waals surface area contributed by atoms with Crippen LogP contribution in [0.2, 0.25) is 0 Å². The SMILES string of the molecule is CCCCN(C)C(=O)Cn1c(C(C)NC(=O)Cc2ccc(-c3ccccc3)cc2)nc2ccccc21. The summed E-state index contributed by atoms with van der Waals surface area (Å²) in [4.78, 5) is 32.4. The lowest BCUT2D eigenvalue weighted by Crippen LogP contribution is -2.33. The van der Waals surface area contributed by atoms with Gasteiger partial charge in [-0.3, -0.25) is 9.59 Å². The van der Waals surface area contributed by atoms with Crippen LogP contribution in [0.1, 0.15) is 44.1 Å². The number of carbonyl (C=O) groups excluding carboxylic acids is 2. The second-order valence-corrected chi connectivity index (χ2v) is 9.24. The summed E-state index contributed by atoms with van der Waals surface area (Å²) in [5, 5.41) is 3.08. The first kappa shape index (κ1) is 25.2. The van der Waals surface area contributed by atoms with E-state index < -0.39 is 0 Å². The molecule has 2 amide bonds. The van der Waals surface area contributed by atoms with Crippen LogP contribution < -0.4 is 5.32 Å². The topological polar surface area (TPSA) is 67.2 Å². The minimum atomic E-state index is -0.345. The quantitative estimate of drug-likeness (QED) is 0.330. The van der Waals surface area contributed by atoms with Crippen molar-refractivity contribution in [3.8, 4) is 11.1 Å². The monoisotopic (exact) mass is 482 g/mol. The summed E-state index contributed by atoms with van der Waals surface area (Å²) in [5.74, 6) is 0.631. The van der Waals surface area contributed by atoms with E-state index in [4.69, 9.17) is 4.98 Å². The van der Waals surface area contributed by atoms with Crippen molar-refractivity contribution in [2.75, 3.05) is 13.6 Å². The van der Waals surface area contributed by atoms with Crippen LogP contribution in [0.15, 0.2) is 78.9 Å². The number of aromatic nitrogens is 2. The molecule has 0 saturated heterocycles. The standard InChI is InChI=1S/C30H34N4O2/c1-4-5-19-33(3)29(36)21-34-27-14-10-9-13-26(27)32-30(34)22(2)31-28(35)20-23-15-17-25(18-16-23)24-11-7-6-8-12-24/h6-18,22H,4-5,19-21H2,1-3H3,(H,31,35). The Hall–Kier alpha value is -3.93. The number of imidazole rings is 1. The molecule has 0 fully saturated rings. The molecule has 0 aliphatic rings. The third-order valence-electron chi connectivity index (χ3n) is 6.44. The lowest BCUT2D eigenvalue weighted by atomic mass is 10.0. The first-order valence-corrected chi connectivity index (χ1v) is 12.6. The van der Waals surface area contributed by atoms with Crippen molar-refractivity contribution < 1.29 is 9.59 Å². The highest BCUT2D eigenvalue weighted by Gasteiger charge is 2.21. The third-order valence-corrected chi connectivity index (χ3v) is 6.44. The van der Waals surface area contributed by atoms with Crippen LogP contribution in [-0.4, -0.2) is 39.9 Å². The van der Waals surface area contributed by atoms with E-state index in [1.807, 2.05) is 85.3 Å². The Morgan fingerprint density at radius 3 is 2.33 bits per heavy atom. The highest BCUT2D eigenvalue weighted by Crippen LogP contribution is 2.22. The van der Waals surface area contributed by atoms with Gasteiger partial charge in [0.1, 0.15) is 12.4 Å². The molecular weight excluding hydrogens is 448 g/mol. The van der Waals surface area contributed by atoms with Crippen LogP contribution in [0.25, 0.3) is 22.2 Å². The number of hydrogen-bond donors (Lipinski definition) is 1. The van der Waals surface area contributed by atoms with E-state index >= 15 is 0 Å². The lowest BCUT2D eigenvalue weighted by Gasteiger charge is -2.20. The number of nitrogens with zero attached hydrogens (tertiary/aromatic N) is 3. The smallest absolute Gasteiger partial charge is 0.242 e. The maximum absolute atomic E-state index is 12.9. The molecule has 1 N–H and O–H groups in total. The number of unbranched alkanes of at least 4 members (excludes halogenated alkanes) is 1. The number of fused-ring (bicyclic) bond motifs is 1. The molecule has 1 unspecified atom stereocenters. The van der Waals surface area contributed by atoms with Crippen LogP contribution in [0.5, 0.6) is 0 Å². The molecule has 0 aliphatic heterocycles. The van der Waals surface area contributed by atoms with Gasteiger partial charge >= 0.3 is 0 Å². The molecule has 0 aliphatic carbocycles. The van der Waals surface area contributed by atoms with E-state index in [9.17, 15) is 9.59 Å². The van der Waals surface area contributed by atoms with Crippen LogP contribution in [-0.2, 0) is 22.6 Å². The van der Waals surface area contributed by atoms with Crippen molar-refractivity contribution in [1.82, 2.24) is 19.8 Å². The van der Waals surface area contributed by atoms with Crippen molar-refractivity contribution in [2.24, 2.45) is 0 Å². The fourth-order valence-corrected chi connectivity index (χ4v) is 4.35. The van der Waals surface area contributed by atoms with Gasteiger partial charge in [0.25, 0.3) is 0 Å². The predicted molar refractivity (Wildman–Crippen MR) is 144 cm³/mol. The molecule has 6 nitrogen and oxygen atoms in total. The number of likely N-dealkylation sites (N-methyl/N-ethyl adjacent to an activating group) is 1. The molecule has 3 aromatic carbocycles. The Kier molecular flexibility index (Phi) is 8.16. The molecule has 0 spiro atoms. The second-order valence-electron chi connectivity index (χ2n) is 9.24. The number of benzene rings is 3. The van der Waals surface area contributed by atoms with Gasteiger partial charge in [0.2, 0.25) is 11.8 Å².